The van der Waals surface area contributed by atoms with Crippen molar-refractivity contribution in [2.45, 2.75) is 25.3 Å². The van der Waals surface area contributed by atoms with Crippen LogP contribution in [0.4, 0.5) is 0 Å². The molecule has 1 aliphatic rings. The zero-order chi connectivity index (χ0) is 11.7. The third kappa shape index (κ3) is 1.94. The summed E-state index contributed by atoms with van der Waals surface area (Å²) in [6, 6.07) is 8.59. The Labute approximate surface area is 101 Å². The molecular weight excluding hydrogens is 210 g/mol. The van der Waals surface area contributed by atoms with E-state index in [9.17, 15) is 0 Å². The lowest BCUT2D eigenvalue weighted by atomic mass is 10.1. The highest BCUT2D eigenvalue weighted by Crippen LogP contribution is 2.31. The van der Waals surface area contributed by atoms with Crippen LogP contribution >= 0.6 is 0 Å². The lowest BCUT2D eigenvalue weighted by Gasteiger charge is -2.07. The Kier molecular flexibility index (Phi) is 2.61. The van der Waals surface area contributed by atoms with Crippen LogP contribution in [0.1, 0.15) is 28.4 Å². The molecule has 0 amide bonds. The molecule has 0 fully saturated rings. The van der Waals surface area contributed by atoms with Crippen LogP contribution in [0.3, 0.4) is 0 Å². The van der Waals surface area contributed by atoms with Gasteiger partial charge in [-0.3, -0.25) is 0 Å². The van der Waals surface area contributed by atoms with E-state index >= 15 is 0 Å². The standard InChI is InChI=1S/C14H15N3/c15-7-10-8-16-14(17-9-10)13-5-11-3-1-2-4-12(11)6-13/h1-4,8-9,13H,5-7,15H2. The fraction of sp³-hybridized carbons (Fsp3) is 0.286. The van der Waals surface area contributed by atoms with Crippen LogP contribution in [-0.2, 0) is 19.4 Å². The summed E-state index contributed by atoms with van der Waals surface area (Å²) in [4.78, 5) is 8.85. The molecule has 3 rings (SSSR count). The molecule has 1 aliphatic carbocycles. The third-order valence-electron chi connectivity index (χ3n) is 3.38. The van der Waals surface area contributed by atoms with E-state index in [4.69, 9.17) is 5.73 Å². The van der Waals surface area contributed by atoms with Gasteiger partial charge in [0, 0.05) is 30.4 Å². The maximum absolute atomic E-state index is 5.54. The van der Waals surface area contributed by atoms with Gasteiger partial charge in [0.15, 0.2) is 0 Å². The van der Waals surface area contributed by atoms with Gasteiger partial charge in [0.1, 0.15) is 5.82 Å². The molecule has 3 nitrogen and oxygen atoms in total. The molecule has 3 heteroatoms. The Morgan fingerprint density at radius 2 is 1.65 bits per heavy atom. The van der Waals surface area contributed by atoms with Gasteiger partial charge in [-0.05, 0) is 24.0 Å². The summed E-state index contributed by atoms with van der Waals surface area (Å²) < 4.78 is 0. The monoisotopic (exact) mass is 225 g/mol. The van der Waals surface area contributed by atoms with Crippen molar-refractivity contribution in [3.05, 3.63) is 59.2 Å². The summed E-state index contributed by atoms with van der Waals surface area (Å²) in [6.45, 7) is 0.505. The van der Waals surface area contributed by atoms with Crippen molar-refractivity contribution in [1.29, 1.82) is 0 Å². The first-order valence-corrected chi connectivity index (χ1v) is 5.94. The van der Waals surface area contributed by atoms with Crippen LogP contribution in [0.5, 0.6) is 0 Å². The highest BCUT2D eigenvalue weighted by Gasteiger charge is 2.24. The van der Waals surface area contributed by atoms with Gasteiger partial charge in [-0.25, -0.2) is 9.97 Å². The topological polar surface area (TPSA) is 51.8 Å². The van der Waals surface area contributed by atoms with Crippen LogP contribution in [0, 0.1) is 0 Å². The number of nitrogens with zero attached hydrogens (tertiary/aromatic N) is 2. The minimum atomic E-state index is 0.430. The molecule has 0 spiro atoms. The molecule has 2 N–H and O–H groups in total. The van der Waals surface area contributed by atoms with E-state index in [1.54, 1.807) is 0 Å². The molecule has 0 saturated carbocycles. The molecule has 0 saturated heterocycles. The van der Waals surface area contributed by atoms with Crippen molar-refractivity contribution in [1.82, 2.24) is 9.97 Å². The summed E-state index contributed by atoms with van der Waals surface area (Å²) in [7, 11) is 0. The lowest BCUT2D eigenvalue weighted by Crippen LogP contribution is -2.06. The Hall–Kier alpha value is -1.74. The van der Waals surface area contributed by atoms with Gasteiger partial charge in [-0.1, -0.05) is 24.3 Å². The first kappa shape index (κ1) is 10.4. The van der Waals surface area contributed by atoms with Crippen molar-refractivity contribution >= 4 is 0 Å². The van der Waals surface area contributed by atoms with E-state index in [2.05, 4.69) is 34.2 Å². The van der Waals surface area contributed by atoms with Crippen molar-refractivity contribution in [2.75, 3.05) is 0 Å². The van der Waals surface area contributed by atoms with Crippen LogP contribution in [0.25, 0.3) is 0 Å². The Bertz CT molecular complexity index is 494. The molecule has 0 unspecified atom stereocenters. The Balaban J connectivity index is 1.83. The second-order valence-electron chi connectivity index (χ2n) is 4.53. The number of nitrogens with two attached hydrogens (primary N) is 1. The van der Waals surface area contributed by atoms with Gasteiger partial charge in [-0.2, -0.15) is 0 Å². The Morgan fingerprint density at radius 3 is 2.18 bits per heavy atom. The van der Waals surface area contributed by atoms with E-state index in [-0.39, 0.29) is 0 Å². The molecule has 0 atom stereocenters. The molecular formula is C14H15N3. The largest absolute Gasteiger partial charge is 0.326 e. The van der Waals surface area contributed by atoms with Gasteiger partial charge in [0.2, 0.25) is 0 Å². The number of hydrogen-bond acceptors (Lipinski definition) is 3. The van der Waals surface area contributed by atoms with Gasteiger partial charge < -0.3 is 5.73 Å². The van der Waals surface area contributed by atoms with E-state index < -0.39 is 0 Å². The average Bonchev–Trinajstić information content (AvgIpc) is 2.82. The van der Waals surface area contributed by atoms with Crippen molar-refractivity contribution in [3.63, 3.8) is 0 Å². The molecule has 1 aromatic heterocycles. The zero-order valence-electron chi connectivity index (χ0n) is 9.63. The number of benzene rings is 1. The van der Waals surface area contributed by atoms with Gasteiger partial charge in [-0.15, -0.1) is 0 Å². The maximum atomic E-state index is 5.54. The fourth-order valence-electron chi connectivity index (χ4n) is 2.42. The molecule has 0 radical (unpaired) electrons. The van der Waals surface area contributed by atoms with Crippen LogP contribution in [0.15, 0.2) is 36.7 Å². The quantitative estimate of drug-likeness (QED) is 0.848. The van der Waals surface area contributed by atoms with Crippen molar-refractivity contribution in [3.8, 4) is 0 Å². The summed E-state index contributed by atoms with van der Waals surface area (Å²) in [5, 5.41) is 0. The average molecular weight is 225 g/mol. The van der Waals surface area contributed by atoms with Crippen LogP contribution in [-0.4, -0.2) is 9.97 Å². The van der Waals surface area contributed by atoms with Gasteiger partial charge in [0.25, 0.3) is 0 Å². The van der Waals surface area contributed by atoms with Crippen LogP contribution in [0.2, 0.25) is 0 Å². The third-order valence-corrected chi connectivity index (χ3v) is 3.38. The maximum Gasteiger partial charge on any atom is 0.131 e. The summed E-state index contributed by atoms with van der Waals surface area (Å²) >= 11 is 0. The summed E-state index contributed by atoms with van der Waals surface area (Å²) in [5.41, 5.74) is 9.40. The molecule has 1 aromatic carbocycles. The van der Waals surface area contributed by atoms with E-state index in [0.717, 1.165) is 24.2 Å². The van der Waals surface area contributed by atoms with Crippen molar-refractivity contribution in [2.24, 2.45) is 5.73 Å². The highest BCUT2D eigenvalue weighted by molar-refractivity contribution is 5.35. The second-order valence-corrected chi connectivity index (χ2v) is 4.53. The predicted molar refractivity (Wildman–Crippen MR) is 66.5 cm³/mol. The normalized spacial score (nSPS) is 14.9. The van der Waals surface area contributed by atoms with Gasteiger partial charge >= 0.3 is 0 Å². The smallest absolute Gasteiger partial charge is 0.131 e. The molecule has 0 bridgehead atoms. The number of hydrogen-bond donors (Lipinski definition) is 1. The molecule has 0 aliphatic heterocycles. The summed E-state index contributed by atoms with van der Waals surface area (Å²) in [6.07, 6.45) is 5.78. The molecule has 1 heterocycles. The lowest BCUT2D eigenvalue weighted by molar-refractivity contribution is 0.679. The van der Waals surface area contributed by atoms with Crippen molar-refractivity contribution < 1.29 is 0 Å². The summed E-state index contributed by atoms with van der Waals surface area (Å²) in [5.74, 6) is 1.37. The minimum absolute atomic E-state index is 0.430. The minimum Gasteiger partial charge on any atom is -0.326 e. The molecule has 2 aromatic rings. The first-order valence-electron chi connectivity index (χ1n) is 5.94. The second kappa shape index (κ2) is 4.26. The highest BCUT2D eigenvalue weighted by atomic mass is 14.9. The zero-order valence-corrected chi connectivity index (χ0v) is 9.63. The van der Waals surface area contributed by atoms with E-state index in [1.165, 1.54) is 11.1 Å². The number of fused-ring (bicyclic) bond motifs is 1. The van der Waals surface area contributed by atoms with E-state index in [1.807, 2.05) is 12.4 Å². The SMILES string of the molecule is NCc1cnc(C2Cc3ccccc3C2)nc1. The molecule has 86 valence electrons. The fourth-order valence-corrected chi connectivity index (χ4v) is 2.42. The van der Waals surface area contributed by atoms with Gasteiger partial charge in [0.05, 0.1) is 0 Å². The Morgan fingerprint density at radius 1 is 1.06 bits per heavy atom. The number of rotatable bonds is 2. The first-order chi connectivity index (χ1) is 8.36. The predicted octanol–water partition coefficient (Wildman–Crippen LogP) is 1.82. The van der Waals surface area contributed by atoms with E-state index in [0.29, 0.717) is 12.5 Å². The van der Waals surface area contributed by atoms with Crippen LogP contribution < -0.4 is 5.73 Å². The number of aromatic nitrogens is 2. The molecule has 17 heavy (non-hydrogen) atoms.